The first-order valence-electron chi connectivity index (χ1n) is 9.97. The van der Waals surface area contributed by atoms with E-state index in [1.54, 1.807) is 32.4 Å². The van der Waals surface area contributed by atoms with Gasteiger partial charge in [-0.15, -0.1) is 0 Å². The molecule has 1 fully saturated rings. The van der Waals surface area contributed by atoms with E-state index >= 15 is 0 Å². The minimum Gasteiger partial charge on any atom is -0.497 e. The first kappa shape index (κ1) is 19.3. The lowest BCUT2D eigenvalue weighted by Gasteiger charge is -2.34. The van der Waals surface area contributed by atoms with Gasteiger partial charge in [0, 0.05) is 61.5 Å². The van der Waals surface area contributed by atoms with Crippen LogP contribution in [0.25, 0.3) is 10.9 Å². The monoisotopic (exact) mass is 393 g/mol. The number of hydrogen-bond donors (Lipinski definition) is 1. The molecule has 4 rings (SSSR count). The topological polar surface area (TPSA) is 57.8 Å². The Kier molecular flexibility index (Phi) is 5.71. The Morgan fingerprint density at radius 1 is 1.00 bits per heavy atom. The summed E-state index contributed by atoms with van der Waals surface area (Å²) in [5.41, 5.74) is 3.14. The van der Waals surface area contributed by atoms with Crippen LogP contribution < -0.4 is 9.47 Å². The highest BCUT2D eigenvalue weighted by Crippen LogP contribution is 2.24. The van der Waals surface area contributed by atoms with E-state index in [0.717, 1.165) is 39.1 Å². The van der Waals surface area contributed by atoms with E-state index in [1.165, 1.54) is 16.5 Å². The van der Waals surface area contributed by atoms with E-state index in [1.807, 2.05) is 4.90 Å². The number of aromatic nitrogens is 1. The van der Waals surface area contributed by atoms with Crippen molar-refractivity contribution in [3.8, 4) is 11.5 Å². The molecule has 6 heteroatoms. The minimum atomic E-state index is 0.0264. The molecule has 1 amide bonds. The number of amides is 1. The zero-order valence-corrected chi connectivity index (χ0v) is 17.0. The molecule has 3 aromatic rings. The van der Waals surface area contributed by atoms with Gasteiger partial charge in [-0.3, -0.25) is 9.69 Å². The van der Waals surface area contributed by atoms with E-state index < -0.39 is 0 Å². The van der Waals surface area contributed by atoms with Crippen molar-refractivity contribution in [3.63, 3.8) is 0 Å². The summed E-state index contributed by atoms with van der Waals surface area (Å²) in [7, 11) is 3.19. The van der Waals surface area contributed by atoms with Crippen LogP contribution in [0, 0.1) is 0 Å². The van der Waals surface area contributed by atoms with Gasteiger partial charge in [0.15, 0.2) is 0 Å². The number of carbonyl (C=O) groups excluding carboxylic acids is 1. The molecule has 0 radical (unpaired) electrons. The molecule has 0 atom stereocenters. The number of ether oxygens (including phenoxy) is 2. The van der Waals surface area contributed by atoms with Crippen LogP contribution >= 0.6 is 0 Å². The predicted molar refractivity (Wildman–Crippen MR) is 114 cm³/mol. The molecule has 152 valence electrons. The number of H-pyrrole nitrogens is 1. The van der Waals surface area contributed by atoms with Gasteiger partial charge in [-0.25, -0.2) is 0 Å². The van der Waals surface area contributed by atoms with Gasteiger partial charge in [-0.05, 0) is 30.2 Å². The number of para-hydroxylation sites is 1. The number of hydrogen-bond acceptors (Lipinski definition) is 4. The maximum Gasteiger partial charge on any atom is 0.254 e. The van der Waals surface area contributed by atoms with Crippen LogP contribution in [-0.4, -0.2) is 67.6 Å². The number of nitrogens with one attached hydrogen (secondary N) is 1. The Balaban J connectivity index is 1.34. The van der Waals surface area contributed by atoms with Crippen LogP contribution in [0.4, 0.5) is 0 Å². The van der Waals surface area contributed by atoms with Crippen molar-refractivity contribution in [2.75, 3.05) is 46.9 Å². The van der Waals surface area contributed by atoms with Crippen LogP contribution in [0.5, 0.6) is 11.5 Å². The lowest BCUT2D eigenvalue weighted by molar-refractivity contribution is 0.0638. The van der Waals surface area contributed by atoms with Crippen molar-refractivity contribution in [2.24, 2.45) is 0 Å². The largest absolute Gasteiger partial charge is 0.497 e. The second-order valence-electron chi connectivity index (χ2n) is 7.34. The van der Waals surface area contributed by atoms with E-state index in [9.17, 15) is 4.79 Å². The SMILES string of the molecule is COc1cc(OC)cc(C(=O)N2CCN(CCc3c[nH]c4ccccc34)CC2)c1. The van der Waals surface area contributed by atoms with Crippen molar-refractivity contribution in [3.05, 3.63) is 59.8 Å². The highest BCUT2D eigenvalue weighted by molar-refractivity contribution is 5.95. The van der Waals surface area contributed by atoms with Crippen molar-refractivity contribution in [1.29, 1.82) is 0 Å². The van der Waals surface area contributed by atoms with Crippen LogP contribution in [0.1, 0.15) is 15.9 Å². The van der Waals surface area contributed by atoms with Crippen LogP contribution in [0.15, 0.2) is 48.7 Å². The number of nitrogens with zero attached hydrogens (tertiary/aromatic N) is 2. The molecule has 2 aromatic carbocycles. The molecule has 1 saturated heterocycles. The highest BCUT2D eigenvalue weighted by atomic mass is 16.5. The summed E-state index contributed by atoms with van der Waals surface area (Å²) in [6.45, 7) is 4.22. The fourth-order valence-electron chi connectivity index (χ4n) is 3.91. The standard InChI is InChI=1S/C23H27N3O3/c1-28-19-13-18(14-20(15-19)29-2)23(27)26-11-9-25(10-12-26)8-7-17-16-24-22-6-4-3-5-21(17)22/h3-6,13-16,24H,7-12H2,1-2H3. The molecule has 29 heavy (non-hydrogen) atoms. The summed E-state index contributed by atoms with van der Waals surface area (Å²) < 4.78 is 10.6. The third kappa shape index (κ3) is 4.22. The van der Waals surface area contributed by atoms with Gasteiger partial charge >= 0.3 is 0 Å². The Hall–Kier alpha value is -2.99. The van der Waals surface area contributed by atoms with E-state index in [4.69, 9.17) is 9.47 Å². The number of fused-ring (bicyclic) bond motifs is 1. The van der Waals surface area contributed by atoms with Crippen LogP contribution in [0.3, 0.4) is 0 Å². The molecule has 2 heterocycles. The Bertz CT molecular complexity index is 968. The highest BCUT2D eigenvalue weighted by Gasteiger charge is 2.23. The fourth-order valence-corrected chi connectivity index (χ4v) is 3.91. The van der Waals surface area contributed by atoms with Gasteiger partial charge in [0.1, 0.15) is 11.5 Å². The molecule has 1 aliphatic heterocycles. The van der Waals surface area contributed by atoms with E-state index in [0.29, 0.717) is 17.1 Å². The normalized spacial score (nSPS) is 14.9. The molecule has 0 spiro atoms. The molecular weight excluding hydrogens is 366 g/mol. The van der Waals surface area contributed by atoms with Crippen LogP contribution in [0.2, 0.25) is 0 Å². The van der Waals surface area contributed by atoms with Gasteiger partial charge in [0.25, 0.3) is 5.91 Å². The van der Waals surface area contributed by atoms with Crippen molar-refractivity contribution in [2.45, 2.75) is 6.42 Å². The van der Waals surface area contributed by atoms with Crippen molar-refractivity contribution < 1.29 is 14.3 Å². The predicted octanol–water partition coefficient (Wildman–Crippen LogP) is 3.19. The second kappa shape index (κ2) is 8.57. The molecule has 0 unspecified atom stereocenters. The smallest absolute Gasteiger partial charge is 0.254 e. The number of rotatable bonds is 6. The molecule has 1 aliphatic rings. The zero-order chi connectivity index (χ0) is 20.2. The quantitative estimate of drug-likeness (QED) is 0.699. The third-order valence-electron chi connectivity index (χ3n) is 5.63. The maximum absolute atomic E-state index is 12.9. The number of benzene rings is 2. The number of aromatic amines is 1. The maximum atomic E-state index is 12.9. The van der Waals surface area contributed by atoms with E-state index in [2.05, 4.69) is 40.3 Å². The Morgan fingerprint density at radius 3 is 2.38 bits per heavy atom. The number of carbonyl (C=O) groups is 1. The van der Waals surface area contributed by atoms with Crippen molar-refractivity contribution >= 4 is 16.8 Å². The zero-order valence-electron chi connectivity index (χ0n) is 17.0. The molecule has 1 aromatic heterocycles. The first-order valence-corrected chi connectivity index (χ1v) is 9.97. The summed E-state index contributed by atoms with van der Waals surface area (Å²) in [5.74, 6) is 1.29. The Labute approximate surface area is 171 Å². The van der Waals surface area contributed by atoms with Gasteiger partial charge in [0.2, 0.25) is 0 Å². The number of piperazine rings is 1. The summed E-state index contributed by atoms with van der Waals surface area (Å²) >= 11 is 0. The Morgan fingerprint density at radius 2 is 1.69 bits per heavy atom. The summed E-state index contributed by atoms with van der Waals surface area (Å²) in [4.78, 5) is 20.6. The fraction of sp³-hybridized carbons (Fsp3) is 0.348. The summed E-state index contributed by atoms with van der Waals surface area (Å²) in [5, 5.41) is 1.30. The second-order valence-corrected chi connectivity index (χ2v) is 7.34. The lowest BCUT2D eigenvalue weighted by atomic mass is 10.1. The molecule has 1 N–H and O–H groups in total. The third-order valence-corrected chi connectivity index (χ3v) is 5.63. The molecule has 0 bridgehead atoms. The molecular formula is C23H27N3O3. The van der Waals surface area contributed by atoms with E-state index in [-0.39, 0.29) is 5.91 Å². The molecule has 0 aliphatic carbocycles. The van der Waals surface area contributed by atoms with Crippen molar-refractivity contribution in [1.82, 2.24) is 14.8 Å². The number of methoxy groups -OCH3 is 2. The minimum absolute atomic E-state index is 0.0264. The van der Waals surface area contributed by atoms with Gasteiger partial charge in [-0.2, -0.15) is 0 Å². The molecule has 6 nitrogen and oxygen atoms in total. The summed E-state index contributed by atoms with van der Waals surface area (Å²) in [6.07, 6.45) is 3.12. The lowest BCUT2D eigenvalue weighted by Crippen LogP contribution is -2.49. The first-order chi connectivity index (χ1) is 14.2. The van der Waals surface area contributed by atoms with Crippen LogP contribution in [-0.2, 0) is 6.42 Å². The average Bonchev–Trinajstić information content (AvgIpc) is 3.20. The summed E-state index contributed by atoms with van der Waals surface area (Å²) in [6, 6.07) is 13.7. The van der Waals surface area contributed by atoms with Gasteiger partial charge in [-0.1, -0.05) is 18.2 Å². The average molecular weight is 393 g/mol. The van der Waals surface area contributed by atoms with Gasteiger partial charge < -0.3 is 19.4 Å². The van der Waals surface area contributed by atoms with Gasteiger partial charge in [0.05, 0.1) is 14.2 Å². The molecule has 0 saturated carbocycles.